The van der Waals surface area contributed by atoms with E-state index in [9.17, 15) is 4.79 Å². The van der Waals surface area contributed by atoms with E-state index in [0.29, 0.717) is 11.5 Å². The van der Waals surface area contributed by atoms with Crippen LogP contribution in [0.5, 0.6) is 0 Å². The zero-order chi connectivity index (χ0) is 11.8. The van der Waals surface area contributed by atoms with Gasteiger partial charge in [0.05, 0.1) is 7.11 Å². The van der Waals surface area contributed by atoms with Crippen molar-refractivity contribution >= 4 is 5.97 Å². The van der Waals surface area contributed by atoms with Crippen LogP contribution < -0.4 is 0 Å². The van der Waals surface area contributed by atoms with Crippen molar-refractivity contribution in [3.05, 3.63) is 41.1 Å². The number of benzene rings is 1. The van der Waals surface area contributed by atoms with Crippen molar-refractivity contribution in [1.29, 1.82) is 0 Å². The van der Waals surface area contributed by atoms with Gasteiger partial charge < -0.3 is 9.26 Å². The Morgan fingerprint density at radius 2 is 2.18 bits per heavy atom. The standard InChI is InChI=1S/C13H11NO3/c1-16-13(15)11-10-7-6-8-4-2-3-5-9(8)12(10)17-14-11/h2-5H,6-7H2,1H3. The predicted molar refractivity (Wildman–Crippen MR) is 60.7 cm³/mol. The van der Waals surface area contributed by atoms with Crippen LogP contribution in [0.2, 0.25) is 0 Å². The number of rotatable bonds is 1. The fourth-order valence-electron chi connectivity index (χ4n) is 2.23. The number of aryl methyl sites for hydroxylation is 1. The average molecular weight is 229 g/mol. The lowest BCUT2D eigenvalue weighted by Crippen LogP contribution is -2.09. The highest BCUT2D eigenvalue weighted by Gasteiger charge is 2.27. The molecule has 1 heterocycles. The minimum absolute atomic E-state index is 0.303. The number of aromatic nitrogens is 1. The van der Waals surface area contributed by atoms with Gasteiger partial charge in [0.1, 0.15) is 0 Å². The van der Waals surface area contributed by atoms with Gasteiger partial charge in [-0.2, -0.15) is 0 Å². The van der Waals surface area contributed by atoms with Crippen molar-refractivity contribution in [3.63, 3.8) is 0 Å². The fraction of sp³-hybridized carbons (Fsp3) is 0.231. The second-order valence-corrected chi connectivity index (χ2v) is 3.99. The number of carbonyl (C=O) groups is 1. The lowest BCUT2D eigenvalue weighted by Gasteiger charge is -2.13. The molecule has 4 nitrogen and oxygen atoms in total. The Morgan fingerprint density at radius 3 is 3.00 bits per heavy atom. The first-order chi connectivity index (χ1) is 8.31. The van der Waals surface area contributed by atoms with E-state index in [1.807, 2.05) is 18.2 Å². The Kier molecular flexibility index (Phi) is 2.21. The highest BCUT2D eigenvalue weighted by atomic mass is 16.5. The molecule has 0 radical (unpaired) electrons. The first-order valence-corrected chi connectivity index (χ1v) is 5.46. The third-order valence-electron chi connectivity index (χ3n) is 3.07. The summed E-state index contributed by atoms with van der Waals surface area (Å²) < 4.78 is 9.97. The third-order valence-corrected chi connectivity index (χ3v) is 3.07. The summed E-state index contributed by atoms with van der Waals surface area (Å²) in [5, 5.41) is 3.82. The maximum Gasteiger partial charge on any atom is 0.360 e. The first kappa shape index (κ1) is 10.1. The van der Waals surface area contributed by atoms with E-state index < -0.39 is 5.97 Å². The van der Waals surface area contributed by atoms with Gasteiger partial charge in [0.25, 0.3) is 0 Å². The van der Waals surface area contributed by atoms with Crippen LogP contribution >= 0.6 is 0 Å². The largest absolute Gasteiger partial charge is 0.464 e. The minimum atomic E-state index is -0.436. The zero-order valence-electron chi connectivity index (χ0n) is 9.40. The second-order valence-electron chi connectivity index (χ2n) is 3.99. The number of methoxy groups -OCH3 is 1. The molecule has 17 heavy (non-hydrogen) atoms. The molecule has 3 rings (SSSR count). The summed E-state index contributed by atoms with van der Waals surface area (Å²) in [7, 11) is 1.35. The molecule has 1 aromatic heterocycles. The lowest BCUT2D eigenvalue weighted by atomic mass is 9.90. The molecule has 4 heteroatoms. The zero-order valence-corrected chi connectivity index (χ0v) is 9.40. The fourth-order valence-corrected chi connectivity index (χ4v) is 2.23. The van der Waals surface area contributed by atoms with E-state index in [4.69, 9.17) is 4.52 Å². The van der Waals surface area contributed by atoms with Crippen molar-refractivity contribution in [2.75, 3.05) is 7.11 Å². The predicted octanol–water partition coefficient (Wildman–Crippen LogP) is 2.23. The molecule has 1 aromatic carbocycles. The summed E-state index contributed by atoms with van der Waals surface area (Å²) in [4.78, 5) is 11.5. The highest BCUT2D eigenvalue weighted by Crippen LogP contribution is 2.35. The SMILES string of the molecule is COC(=O)c1noc2c1CCc1ccccc1-2. The number of esters is 1. The van der Waals surface area contributed by atoms with Gasteiger partial charge in [0, 0.05) is 11.1 Å². The molecule has 0 saturated heterocycles. The monoisotopic (exact) mass is 229 g/mol. The number of fused-ring (bicyclic) bond motifs is 3. The summed E-state index contributed by atoms with van der Waals surface area (Å²) in [6.07, 6.45) is 1.66. The number of hydrogen-bond donors (Lipinski definition) is 0. The van der Waals surface area contributed by atoms with Gasteiger partial charge in [-0.25, -0.2) is 4.79 Å². The molecule has 0 unspecified atom stereocenters. The van der Waals surface area contributed by atoms with E-state index in [-0.39, 0.29) is 0 Å². The Labute approximate surface area is 98.2 Å². The number of ether oxygens (including phenoxy) is 1. The Balaban J connectivity index is 2.16. The molecule has 0 atom stereocenters. The van der Waals surface area contributed by atoms with Crippen LogP contribution in [-0.4, -0.2) is 18.2 Å². The van der Waals surface area contributed by atoms with E-state index >= 15 is 0 Å². The molecule has 0 amide bonds. The Hall–Kier alpha value is -2.10. The Bertz CT molecular complexity index is 586. The minimum Gasteiger partial charge on any atom is -0.464 e. The van der Waals surface area contributed by atoms with Gasteiger partial charge in [0.2, 0.25) is 0 Å². The number of carbonyl (C=O) groups excluding carboxylic acids is 1. The van der Waals surface area contributed by atoms with Crippen molar-refractivity contribution in [2.24, 2.45) is 0 Å². The summed E-state index contributed by atoms with van der Waals surface area (Å²) in [6, 6.07) is 8.01. The van der Waals surface area contributed by atoms with E-state index in [2.05, 4.69) is 16.0 Å². The highest BCUT2D eigenvalue weighted by molar-refractivity contribution is 5.91. The molecule has 86 valence electrons. The maximum atomic E-state index is 11.5. The molecule has 0 fully saturated rings. The molecular weight excluding hydrogens is 218 g/mol. The third kappa shape index (κ3) is 1.45. The van der Waals surface area contributed by atoms with Gasteiger partial charge in [-0.05, 0) is 18.4 Å². The van der Waals surface area contributed by atoms with Crippen LogP contribution in [0.15, 0.2) is 28.8 Å². The lowest BCUT2D eigenvalue weighted by molar-refractivity contribution is 0.0588. The molecule has 1 aliphatic carbocycles. The summed E-state index contributed by atoms with van der Waals surface area (Å²) >= 11 is 0. The summed E-state index contributed by atoms with van der Waals surface area (Å²) in [5.74, 6) is 0.265. The van der Waals surface area contributed by atoms with E-state index in [1.54, 1.807) is 0 Å². The van der Waals surface area contributed by atoms with Crippen molar-refractivity contribution < 1.29 is 14.1 Å². The van der Waals surface area contributed by atoms with E-state index in [0.717, 1.165) is 24.0 Å². The van der Waals surface area contributed by atoms with Crippen LogP contribution in [0.3, 0.4) is 0 Å². The maximum absolute atomic E-state index is 11.5. The molecule has 2 aromatic rings. The molecule has 0 bridgehead atoms. The van der Waals surface area contributed by atoms with Crippen molar-refractivity contribution in [1.82, 2.24) is 5.16 Å². The smallest absolute Gasteiger partial charge is 0.360 e. The van der Waals surface area contributed by atoms with Crippen LogP contribution in [0.4, 0.5) is 0 Å². The molecule has 0 saturated carbocycles. The topological polar surface area (TPSA) is 52.3 Å². The average Bonchev–Trinajstić information content (AvgIpc) is 2.82. The van der Waals surface area contributed by atoms with Gasteiger partial charge >= 0.3 is 5.97 Å². The van der Waals surface area contributed by atoms with Gasteiger partial charge in [-0.3, -0.25) is 0 Å². The van der Waals surface area contributed by atoms with Gasteiger partial charge in [0.15, 0.2) is 11.5 Å². The van der Waals surface area contributed by atoms with E-state index in [1.165, 1.54) is 12.7 Å². The number of nitrogens with zero attached hydrogens (tertiary/aromatic N) is 1. The summed E-state index contributed by atoms with van der Waals surface area (Å²) in [5.41, 5.74) is 3.41. The van der Waals surface area contributed by atoms with Crippen molar-refractivity contribution in [2.45, 2.75) is 12.8 Å². The quantitative estimate of drug-likeness (QED) is 0.703. The van der Waals surface area contributed by atoms with Crippen molar-refractivity contribution in [3.8, 4) is 11.3 Å². The van der Waals surface area contributed by atoms with Crippen LogP contribution in [0.1, 0.15) is 21.6 Å². The molecule has 0 N–H and O–H groups in total. The Morgan fingerprint density at radius 1 is 1.35 bits per heavy atom. The van der Waals surface area contributed by atoms with Crippen LogP contribution in [-0.2, 0) is 17.6 Å². The normalized spacial score (nSPS) is 12.8. The molecule has 0 spiro atoms. The van der Waals surface area contributed by atoms with Gasteiger partial charge in [-0.1, -0.05) is 29.4 Å². The second kappa shape index (κ2) is 3.73. The van der Waals surface area contributed by atoms with Crippen LogP contribution in [0, 0.1) is 0 Å². The van der Waals surface area contributed by atoms with Gasteiger partial charge in [-0.15, -0.1) is 0 Å². The molecular formula is C13H11NO3. The summed E-state index contributed by atoms with van der Waals surface area (Å²) in [6.45, 7) is 0. The molecule has 0 aliphatic heterocycles. The first-order valence-electron chi connectivity index (χ1n) is 5.46. The number of hydrogen-bond acceptors (Lipinski definition) is 4. The van der Waals surface area contributed by atoms with Crippen LogP contribution in [0.25, 0.3) is 11.3 Å². The molecule has 1 aliphatic rings.